The van der Waals surface area contributed by atoms with Crippen LogP contribution in [0.3, 0.4) is 0 Å². The van der Waals surface area contributed by atoms with E-state index in [1.165, 1.54) is 19.3 Å². The molecule has 0 spiro atoms. The van der Waals surface area contributed by atoms with Crippen molar-refractivity contribution < 1.29 is 14.3 Å². The molecule has 4 heteroatoms. The summed E-state index contributed by atoms with van der Waals surface area (Å²) in [5.74, 6) is 1.32. The van der Waals surface area contributed by atoms with E-state index in [0.717, 1.165) is 25.7 Å². The van der Waals surface area contributed by atoms with Crippen molar-refractivity contribution in [1.82, 2.24) is 4.90 Å². The van der Waals surface area contributed by atoms with Crippen LogP contribution in [0.2, 0.25) is 0 Å². The first-order chi connectivity index (χ1) is 11.2. The number of hydrogen-bond acceptors (Lipinski definition) is 4. The van der Waals surface area contributed by atoms with E-state index in [0.29, 0.717) is 35.8 Å². The highest BCUT2D eigenvalue weighted by molar-refractivity contribution is 5.76. The van der Waals surface area contributed by atoms with Gasteiger partial charge in [0.05, 0.1) is 13.7 Å². The molecule has 0 aromatic heterocycles. The van der Waals surface area contributed by atoms with Crippen molar-refractivity contribution in [3.05, 3.63) is 23.8 Å². The summed E-state index contributed by atoms with van der Waals surface area (Å²) in [6.45, 7) is 6.50. The Morgan fingerprint density at radius 1 is 1.17 bits per heavy atom. The third kappa shape index (κ3) is 4.96. The number of carbonyl (C=O) groups is 1. The molecule has 1 heterocycles. The van der Waals surface area contributed by atoms with E-state index < -0.39 is 0 Å². The lowest BCUT2D eigenvalue weighted by molar-refractivity contribution is 0.0995. The van der Waals surface area contributed by atoms with Gasteiger partial charge in [-0.15, -0.1) is 0 Å². The molecule has 0 saturated carbocycles. The first kappa shape index (κ1) is 17.8. The fourth-order valence-electron chi connectivity index (χ4n) is 3.37. The van der Waals surface area contributed by atoms with Gasteiger partial charge in [-0.1, -0.05) is 6.42 Å². The summed E-state index contributed by atoms with van der Waals surface area (Å²) in [6, 6.07) is 6.67. The van der Waals surface area contributed by atoms with Crippen LogP contribution in [-0.4, -0.2) is 43.5 Å². The Morgan fingerprint density at radius 2 is 1.91 bits per heavy atom. The van der Waals surface area contributed by atoms with E-state index in [1.54, 1.807) is 25.3 Å². The van der Waals surface area contributed by atoms with Gasteiger partial charge < -0.3 is 9.47 Å². The van der Waals surface area contributed by atoms with Crippen molar-refractivity contribution in [2.75, 3.05) is 20.3 Å². The number of methoxy groups -OCH3 is 1. The molecule has 1 aliphatic rings. The lowest BCUT2D eigenvalue weighted by Crippen LogP contribution is -2.44. The Kier molecular flexibility index (Phi) is 6.90. The predicted octanol–water partition coefficient (Wildman–Crippen LogP) is 3.93. The van der Waals surface area contributed by atoms with Gasteiger partial charge in [0.1, 0.15) is 6.29 Å². The zero-order valence-corrected chi connectivity index (χ0v) is 14.6. The molecule has 0 amide bonds. The molecule has 128 valence electrons. The van der Waals surface area contributed by atoms with E-state index in [9.17, 15) is 4.79 Å². The molecule has 2 unspecified atom stereocenters. The van der Waals surface area contributed by atoms with Crippen molar-refractivity contribution >= 4 is 6.29 Å². The van der Waals surface area contributed by atoms with E-state index in [4.69, 9.17) is 9.47 Å². The topological polar surface area (TPSA) is 38.8 Å². The Morgan fingerprint density at radius 3 is 2.57 bits per heavy atom. The second kappa shape index (κ2) is 8.92. The van der Waals surface area contributed by atoms with Crippen molar-refractivity contribution in [2.45, 2.75) is 58.0 Å². The number of hydrogen-bond donors (Lipinski definition) is 0. The normalized spacial score (nSPS) is 21.9. The van der Waals surface area contributed by atoms with Crippen LogP contribution < -0.4 is 9.47 Å². The molecule has 1 fully saturated rings. The summed E-state index contributed by atoms with van der Waals surface area (Å²) in [5, 5.41) is 0. The van der Waals surface area contributed by atoms with Gasteiger partial charge in [0.2, 0.25) is 0 Å². The third-order valence-electron chi connectivity index (χ3n) is 4.77. The molecule has 4 nitrogen and oxygen atoms in total. The number of nitrogens with zero attached hydrogens (tertiary/aromatic N) is 1. The van der Waals surface area contributed by atoms with Gasteiger partial charge in [0, 0.05) is 17.6 Å². The van der Waals surface area contributed by atoms with E-state index >= 15 is 0 Å². The first-order valence-corrected chi connectivity index (χ1v) is 8.67. The summed E-state index contributed by atoms with van der Waals surface area (Å²) in [4.78, 5) is 13.4. The molecule has 0 bridgehead atoms. The zero-order valence-electron chi connectivity index (χ0n) is 14.6. The number of likely N-dealkylation sites (tertiary alicyclic amines) is 1. The number of aldehydes is 1. The van der Waals surface area contributed by atoms with Crippen LogP contribution in [0.5, 0.6) is 11.5 Å². The molecule has 0 radical (unpaired) electrons. The van der Waals surface area contributed by atoms with E-state index in [-0.39, 0.29) is 0 Å². The van der Waals surface area contributed by atoms with Crippen LogP contribution >= 0.6 is 0 Å². The maximum Gasteiger partial charge on any atom is 0.161 e. The monoisotopic (exact) mass is 319 g/mol. The second-order valence-corrected chi connectivity index (χ2v) is 6.45. The Labute approximate surface area is 139 Å². The smallest absolute Gasteiger partial charge is 0.161 e. The molecule has 0 N–H and O–H groups in total. The average Bonchev–Trinajstić information content (AvgIpc) is 2.57. The number of ether oxygens (including phenoxy) is 2. The zero-order chi connectivity index (χ0) is 16.7. The maximum atomic E-state index is 10.8. The lowest BCUT2D eigenvalue weighted by atomic mass is 9.97. The first-order valence-electron chi connectivity index (χ1n) is 8.67. The Hall–Kier alpha value is -1.55. The summed E-state index contributed by atoms with van der Waals surface area (Å²) in [5.41, 5.74) is 0.599. The minimum Gasteiger partial charge on any atom is -0.493 e. The lowest BCUT2D eigenvalue weighted by Gasteiger charge is -2.39. The molecular formula is C19H29NO3. The molecule has 0 aliphatic carbocycles. The van der Waals surface area contributed by atoms with Crippen LogP contribution in [0.4, 0.5) is 0 Å². The van der Waals surface area contributed by atoms with Gasteiger partial charge in [0.25, 0.3) is 0 Å². The van der Waals surface area contributed by atoms with Crippen LogP contribution in [0, 0.1) is 0 Å². The average molecular weight is 319 g/mol. The highest BCUT2D eigenvalue weighted by Crippen LogP contribution is 2.28. The molecule has 23 heavy (non-hydrogen) atoms. The van der Waals surface area contributed by atoms with Crippen LogP contribution in [0.1, 0.15) is 56.3 Å². The second-order valence-electron chi connectivity index (χ2n) is 6.45. The molecule has 1 aliphatic heterocycles. The largest absolute Gasteiger partial charge is 0.493 e. The van der Waals surface area contributed by atoms with Crippen molar-refractivity contribution in [3.63, 3.8) is 0 Å². The summed E-state index contributed by atoms with van der Waals surface area (Å²) >= 11 is 0. The van der Waals surface area contributed by atoms with E-state index in [1.807, 2.05) is 0 Å². The van der Waals surface area contributed by atoms with Gasteiger partial charge >= 0.3 is 0 Å². The molecule has 1 aromatic carbocycles. The van der Waals surface area contributed by atoms with Gasteiger partial charge in [-0.05, 0) is 64.3 Å². The third-order valence-corrected chi connectivity index (χ3v) is 4.77. The van der Waals surface area contributed by atoms with Crippen LogP contribution in [0.25, 0.3) is 0 Å². The summed E-state index contributed by atoms with van der Waals surface area (Å²) in [6.07, 6.45) is 6.98. The Bertz CT molecular complexity index is 493. The molecule has 1 aromatic rings. The summed E-state index contributed by atoms with van der Waals surface area (Å²) < 4.78 is 11.1. The van der Waals surface area contributed by atoms with Crippen LogP contribution in [-0.2, 0) is 0 Å². The van der Waals surface area contributed by atoms with Crippen molar-refractivity contribution in [3.8, 4) is 11.5 Å². The maximum absolute atomic E-state index is 10.8. The number of carbonyl (C=O) groups excluding carboxylic acids is 1. The molecular weight excluding hydrogens is 290 g/mol. The number of piperidine rings is 1. The quantitative estimate of drug-likeness (QED) is 0.537. The summed E-state index contributed by atoms with van der Waals surface area (Å²) in [7, 11) is 1.59. The van der Waals surface area contributed by atoms with Crippen molar-refractivity contribution in [2.24, 2.45) is 0 Å². The fourth-order valence-corrected chi connectivity index (χ4v) is 3.37. The standard InChI is InChI=1S/C19H29NO3/c1-15-7-6-8-16(2)20(15)11-4-5-12-23-18-10-9-17(14-21)13-19(18)22-3/h9-10,13-16H,4-8,11-12H2,1-3H3. The minimum atomic E-state index is 0.599. The number of rotatable bonds is 8. The highest BCUT2D eigenvalue weighted by atomic mass is 16.5. The minimum absolute atomic E-state index is 0.599. The molecule has 1 saturated heterocycles. The number of unbranched alkanes of at least 4 members (excludes halogenated alkanes) is 1. The Balaban J connectivity index is 1.74. The van der Waals surface area contributed by atoms with E-state index in [2.05, 4.69) is 18.7 Å². The highest BCUT2D eigenvalue weighted by Gasteiger charge is 2.23. The van der Waals surface area contributed by atoms with Gasteiger partial charge in [-0.2, -0.15) is 0 Å². The SMILES string of the molecule is COc1cc(C=O)ccc1OCCCCN1C(C)CCCC1C. The van der Waals surface area contributed by atoms with Gasteiger partial charge in [-0.3, -0.25) is 9.69 Å². The number of benzene rings is 1. The predicted molar refractivity (Wildman–Crippen MR) is 92.6 cm³/mol. The molecule has 2 atom stereocenters. The molecule has 2 rings (SSSR count). The van der Waals surface area contributed by atoms with Gasteiger partial charge in [-0.25, -0.2) is 0 Å². The van der Waals surface area contributed by atoms with Crippen molar-refractivity contribution in [1.29, 1.82) is 0 Å². The van der Waals surface area contributed by atoms with Crippen LogP contribution in [0.15, 0.2) is 18.2 Å². The fraction of sp³-hybridized carbons (Fsp3) is 0.632. The van der Waals surface area contributed by atoms with Gasteiger partial charge in [0.15, 0.2) is 11.5 Å².